The van der Waals surface area contributed by atoms with E-state index in [0.29, 0.717) is 17.1 Å². The molecule has 0 aliphatic carbocycles. The Bertz CT molecular complexity index is 1570. The fourth-order valence-corrected chi connectivity index (χ4v) is 5.06. The van der Waals surface area contributed by atoms with Gasteiger partial charge in [-0.2, -0.15) is 0 Å². The van der Waals surface area contributed by atoms with Crippen LogP contribution in [-0.4, -0.2) is 16.3 Å². The highest BCUT2D eigenvalue weighted by Crippen LogP contribution is 2.38. The molecule has 1 aromatic carbocycles. The van der Waals surface area contributed by atoms with Crippen LogP contribution < -0.4 is 26.2 Å². The molecule has 9 heteroatoms. The molecule has 0 bridgehead atoms. The van der Waals surface area contributed by atoms with E-state index in [4.69, 9.17) is 20.3 Å². The van der Waals surface area contributed by atoms with Crippen molar-refractivity contribution in [3.05, 3.63) is 109 Å². The lowest BCUT2D eigenvalue weighted by atomic mass is 9.83. The van der Waals surface area contributed by atoms with Crippen LogP contribution in [0.25, 0.3) is 17.5 Å². The van der Waals surface area contributed by atoms with Gasteiger partial charge in [-0.15, -0.1) is 11.3 Å². The molecule has 4 heterocycles. The van der Waals surface area contributed by atoms with E-state index in [1.807, 2.05) is 0 Å². The third-order valence-electron chi connectivity index (χ3n) is 5.34. The largest absolute Gasteiger partial charge is 0.468 e. The summed E-state index contributed by atoms with van der Waals surface area (Å²) in [5.41, 5.74) is 12.2. The van der Waals surface area contributed by atoms with Crippen LogP contribution in [0.3, 0.4) is 0 Å². The second-order valence-electron chi connectivity index (χ2n) is 7.29. The number of allylic oxidation sites excluding steroid dienone is 1. The number of aromatic nitrogens is 1. The Hall–Kier alpha value is -4.37. The van der Waals surface area contributed by atoms with Crippen LogP contribution in [0.2, 0.25) is 0 Å². The van der Waals surface area contributed by atoms with Gasteiger partial charge in [0.2, 0.25) is 5.91 Å². The first-order chi connectivity index (χ1) is 16.0. The van der Waals surface area contributed by atoms with Crippen LogP contribution in [0.1, 0.15) is 27.8 Å². The Morgan fingerprint density at radius 1 is 0.970 bits per heavy atom. The van der Waals surface area contributed by atoms with Crippen LogP contribution in [0, 0.1) is 0 Å². The fourth-order valence-electron chi connectivity index (χ4n) is 3.90. The Labute approximate surface area is 190 Å². The van der Waals surface area contributed by atoms with E-state index in [2.05, 4.69) is 0 Å². The minimum atomic E-state index is -0.972. The number of nitrogens with zero attached hydrogens (tertiary/aromatic N) is 1. The molecule has 1 atom stereocenters. The van der Waals surface area contributed by atoms with Gasteiger partial charge in [0.1, 0.15) is 22.0 Å². The Morgan fingerprint density at radius 3 is 2.33 bits per heavy atom. The van der Waals surface area contributed by atoms with Crippen molar-refractivity contribution in [2.45, 2.75) is 5.92 Å². The lowest BCUT2D eigenvalue weighted by molar-refractivity contribution is -0.113. The first kappa shape index (κ1) is 20.5. The zero-order chi connectivity index (χ0) is 23.1. The van der Waals surface area contributed by atoms with Gasteiger partial charge in [0, 0.05) is 11.6 Å². The van der Waals surface area contributed by atoms with Gasteiger partial charge in [-0.05, 0) is 24.3 Å². The molecule has 0 radical (unpaired) electrons. The second kappa shape index (κ2) is 7.95. The monoisotopic (exact) mass is 459 g/mol. The van der Waals surface area contributed by atoms with Crippen molar-refractivity contribution >= 4 is 40.5 Å². The van der Waals surface area contributed by atoms with Gasteiger partial charge < -0.3 is 20.3 Å². The molecule has 1 amide bonds. The standard InChI is InChI=1S/C24H17N3O5S/c25-21-18(20(28)13-6-2-1-3-7-13)17(15-9-5-11-32-15)19(22(26)29)24-27(21)23(30)16(33-24)12-14-8-4-10-31-14/h1-12,17H,25H2,(H2,26,29)/b16-12-/t17-/m0/s1. The summed E-state index contributed by atoms with van der Waals surface area (Å²) in [6, 6.07) is 15.1. The Kier molecular flexibility index (Phi) is 4.95. The molecule has 33 heavy (non-hydrogen) atoms. The second-order valence-corrected chi connectivity index (χ2v) is 8.32. The number of carbonyl (C=O) groups is 2. The minimum absolute atomic E-state index is 0.0434. The predicted molar refractivity (Wildman–Crippen MR) is 122 cm³/mol. The lowest BCUT2D eigenvalue weighted by Gasteiger charge is -2.25. The zero-order valence-corrected chi connectivity index (χ0v) is 17.9. The van der Waals surface area contributed by atoms with Crippen molar-refractivity contribution in [3.63, 3.8) is 0 Å². The van der Waals surface area contributed by atoms with E-state index in [1.54, 1.807) is 60.7 Å². The number of furan rings is 2. The number of fused-ring (bicyclic) bond motifs is 1. The highest BCUT2D eigenvalue weighted by Gasteiger charge is 2.39. The summed E-state index contributed by atoms with van der Waals surface area (Å²) in [6.07, 6.45) is 4.46. The summed E-state index contributed by atoms with van der Waals surface area (Å²) in [5, 5.41) is 0. The van der Waals surface area contributed by atoms with Crippen molar-refractivity contribution in [1.82, 2.24) is 4.57 Å². The van der Waals surface area contributed by atoms with Gasteiger partial charge in [-0.3, -0.25) is 19.0 Å². The molecule has 0 spiro atoms. The molecule has 0 saturated heterocycles. The highest BCUT2D eigenvalue weighted by molar-refractivity contribution is 7.07. The summed E-state index contributed by atoms with van der Waals surface area (Å²) in [6.45, 7) is 0. The predicted octanol–water partition coefficient (Wildman–Crippen LogP) is 1.37. The fraction of sp³-hybridized carbons (Fsp3) is 0.0417. The number of thiazole rings is 1. The van der Waals surface area contributed by atoms with Gasteiger partial charge >= 0.3 is 0 Å². The number of hydrogen-bond acceptors (Lipinski definition) is 7. The SMILES string of the molecule is NC(=O)C1=c2s/c(=C\c3ccco3)c(=O)n2C(N)=C(C(=O)c2ccccc2)[C@@H]1c1ccco1. The third-order valence-corrected chi connectivity index (χ3v) is 6.45. The van der Waals surface area contributed by atoms with E-state index < -0.39 is 23.2 Å². The summed E-state index contributed by atoms with van der Waals surface area (Å²) in [5.74, 6) is -1.51. The van der Waals surface area contributed by atoms with Gasteiger partial charge in [-0.25, -0.2) is 0 Å². The molecular formula is C24H17N3O5S. The normalized spacial score (nSPS) is 16.2. The van der Waals surface area contributed by atoms with Gasteiger partial charge in [0.15, 0.2) is 5.78 Å². The van der Waals surface area contributed by atoms with Gasteiger partial charge in [0.25, 0.3) is 5.56 Å². The number of hydrogen-bond donors (Lipinski definition) is 2. The smallest absolute Gasteiger partial charge is 0.274 e. The Morgan fingerprint density at radius 2 is 1.70 bits per heavy atom. The van der Waals surface area contributed by atoms with Crippen LogP contribution in [0.4, 0.5) is 0 Å². The van der Waals surface area contributed by atoms with E-state index in [1.165, 1.54) is 12.5 Å². The van der Waals surface area contributed by atoms with E-state index >= 15 is 0 Å². The molecule has 1 aliphatic rings. The van der Waals surface area contributed by atoms with Crippen molar-refractivity contribution in [3.8, 4) is 0 Å². The van der Waals surface area contributed by atoms with Crippen LogP contribution in [-0.2, 0) is 4.79 Å². The number of primary amides is 1. The summed E-state index contributed by atoms with van der Waals surface area (Å²) >= 11 is 1.04. The van der Waals surface area contributed by atoms with Crippen molar-refractivity contribution in [2.24, 2.45) is 11.5 Å². The molecular weight excluding hydrogens is 442 g/mol. The molecule has 4 N–H and O–H groups in total. The maximum atomic E-state index is 13.6. The quantitative estimate of drug-likeness (QED) is 0.433. The number of nitrogens with two attached hydrogens (primary N) is 2. The number of carbonyl (C=O) groups excluding carboxylic acids is 2. The molecule has 0 fully saturated rings. The zero-order valence-electron chi connectivity index (χ0n) is 17.1. The highest BCUT2D eigenvalue weighted by atomic mass is 32.1. The number of amides is 1. The van der Waals surface area contributed by atoms with Crippen LogP contribution >= 0.6 is 11.3 Å². The number of rotatable bonds is 5. The van der Waals surface area contributed by atoms with Crippen molar-refractivity contribution in [1.29, 1.82) is 0 Å². The molecule has 3 aromatic heterocycles. The summed E-state index contributed by atoms with van der Waals surface area (Å²) in [7, 11) is 0. The van der Waals surface area contributed by atoms with Gasteiger partial charge in [-0.1, -0.05) is 30.3 Å². The van der Waals surface area contributed by atoms with E-state index in [9.17, 15) is 14.4 Å². The number of Topliss-reactive ketones (excluding diaryl/α,β-unsaturated/α-hetero) is 1. The van der Waals surface area contributed by atoms with E-state index in [0.717, 1.165) is 15.9 Å². The first-order valence-electron chi connectivity index (χ1n) is 9.91. The molecule has 5 rings (SSSR count). The topological polar surface area (TPSA) is 134 Å². The van der Waals surface area contributed by atoms with E-state index in [-0.39, 0.29) is 26.2 Å². The van der Waals surface area contributed by atoms with Crippen LogP contribution in [0.5, 0.6) is 0 Å². The lowest BCUT2D eigenvalue weighted by Crippen LogP contribution is -2.42. The minimum Gasteiger partial charge on any atom is -0.468 e. The molecule has 0 unspecified atom stereocenters. The molecule has 164 valence electrons. The summed E-state index contributed by atoms with van der Waals surface area (Å²) < 4.78 is 12.6. The van der Waals surface area contributed by atoms with Crippen LogP contribution in [0.15, 0.2) is 86.3 Å². The maximum Gasteiger partial charge on any atom is 0.274 e. The first-order valence-corrected chi connectivity index (χ1v) is 10.7. The van der Waals surface area contributed by atoms with Crippen molar-refractivity contribution in [2.75, 3.05) is 0 Å². The number of benzene rings is 1. The Balaban J connectivity index is 1.87. The average Bonchev–Trinajstić information content (AvgIpc) is 3.57. The third kappa shape index (κ3) is 3.35. The summed E-state index contributed by atoms with van der Waals surface area (Å²) in [4.78, 5) is 39.6. The van der Waals surface area contributed by atoms with Gasteiger partial charge in [0.05, 0.1) is 34.1 Å². The molecule has 8 nitrogen and oxygen atoms in total. The van der Waals surface area contributed by atoms with Crippen molar-refractivity contribution < 1.29 is 18.4 Å². The maximum absolute atomic E-state index is 13.6. The number of ketones is 1. The molecule has 1 aliphatic heterocycles. The average molecular weight is 459 g/mol. The molecule has 0 saturated carbocycles. The molecule has 4 aromatic rings.